The molecule has 3 unspecified atom stereocenters. The van der Waals surface area contributed by atoms with Crippen LogP contribution >= 0.6 is 0 Å². The van der Waals surface area contributed by atoms with Crippen molar-refractivity contribution in [3.05, 3.63) is 12.7 Å². The molecule has 12 nitrogen and oxygen atoms in total. The van der Waals surface area contributed by atoms with E-state index in [2.05, 4.69) is 22.5 Å². The number of likely N-dealkylation sites (tertiary alicyclic amines) is 1. The lowest BCUT2D eigenvalue weighted by Crippen LogP contribution is -2.60. The van der Waals surface area contributed by atoms with Gasteiger partial charge in [0.05, 0.1) is 12.5 Å². The molecular formula is C35H54F2N4O8. The van der Waals surface area contributed by atoms with Crippen molar-refractivity contribution in [3.63, 3.8) is 0 Å². The third-order valence-corrected chi connectivity index (χ3v) is 9.48. The maximum atomic E-state index is 14.3. The molecular weight excluding hydrogens is 642 g/mol. The molecule has 0 spiro atoms. The number of amides is 4. The van der Waals surface area contributed by atoms with Gasteiger partial charge in [0.2, 0.25) is 23.5 Å². The number of ether oxygens (including phenoxy) is 2. The molecule has 0 aromatic heterocycles. The number of halogens is 2. The van der Waals surface area contributed by atoms with E-state index in [1.54, 1.807) is 47.6 Å². The standard InChI is InChI=1S/C35H54F2N4O8/c1-10-11-12-22(27(43)29(45)38-18-15-23(42)48-32(2,3)4)39-28(44)26-24-21(34(24,8)9)19-41(26)30(46)25(40-31(47)49-33(5,6)7)20-13-16-35(36,37)17-14-20/h10,20-22,24-26H,1,11-19H2,2-9H3,(H,38,45)(H,39,44)(H,40,47)/t21?,22?,24?,25-,26-/m0/s1. The first-order valence-corrected chi connectivity index (χ1v) is 17.1. The van der Waals surface area contributed by atoms with Crippen LogP contribution in [0.4, 0.5) is 13.6 Å². The first kappa shape index (κ1) is 39.9. The minimum Gasteiger partial charge on any atom is -0.460 e. The Morgan fingerprint density at radius 1 is 0.959 bits per heavy atom. The average Bonchev–Trinajstić information content (AvgIpc) is 3.27. The summed E-state index contributed by atoms with van der Waals surface area (Å²) < 4.78 is 38.8. The molecule has 0 aromatic carbocycles. The van der Waals surface area contributed by atoms with E-state index in [1.165, 1.54) is 4.90 Å². The zero-order valence-electron chi connectivity index (χ0n) is 30.1. The number of Topliss-reactive ketones (excluding diaryl/α,β-unsaturated/α-hetero) is 1. The molecule has 3 N–H and O–H groups in total. The molecule has 2 saturated carbocycles. The fourth-order valence-electron chi connectivity index (χ4n) is 6.93. The lowest BCUT2D eigenvalue weighted by atomic mass is 9.81. The molecule has 0 bridgehead atoms. The van der Waals surface area contributed by atoms with Gasteiger partial charge in [-0.1, -0.05) is 19.9 Å². The quantitative estimate of drug-likeness (QED) is 0.148. The molecule has 14 heteroatoms. The maximum absolute atomic E-state index is 14.3. The first-order chi connectivity index (χ1) is 22.5. The Bertz CT molecular complexity index is 1300. The van der Waals surface area contributed by atoms with Gasteiger partial charge in [-0.25, -0.2) is 13.6 Å². The second-order valence-corrected chi connectivity index (χ2v) is 16.1. The molecule has 1 saturated heterocycles. The van der Waals surface area contributed by atoms with Crippen LogP contribution in [0.5, 0.6) is 0 Å². The number of nitrogens with one attached hydrogen (secondary N) is 3. The number of nitrogens with zero attached hydrogens (tertiary/aromatic N) is 1. The largest absolute Gasteiger partial charge is 0.460 e. The van der Waals surface area contributed by atoms with Crippen molar-refractivity contribution in [1.29, 1.82) is 0 Å². The molecule has 276 valence electrons. The molecule has 5 atom stereocenters. The number of allylic oxidation sites excluding steroid dienone is 1. The van der Waals surface area contributed by atoms with Gasteiger partial charge in [0.1, 0.15) is 23.3 Å². The highest BCUT2D eigenvalue weighted by atomic mass is 19.3. The van der Waals surface area contributed by atoms with Crippen LogP contribution in [0, 0.1) is 23.2 Å². The van der Waals surface area contributed by atoms with Crippen molar-refractivity contribution in [2.24, 2.45) is 23.2 Å². The van der Waals surface area contributed by atoms with Gasteiger partial charge in [-0.05, 0) is 90.4 Å². The summed E-state index contributed by atoms with van der Waals surface area (Å²) in [5.74, 6) is -7.49. The van der Waals surface area contributed by atoms with Crippen LogP contribution in [-0.4, -0.2) is 88.8 Å². The minimum atomic E-state index is -2.87. The molecule has 3 aliphatic rings. The molecule has 49 heavy (non-hydrogen) atoms. The molecule has 4 amide bonds. The lowest BCUT2D eigenvalue weighted by molar-refractivity contribution is -0.154. The Morgan fingerprint density at radius 3 is 2.10 bits per heavy atom. The molecule has 0 radical (unpaired) electrons. The average molecular weight is 697 g/mol. The van der Waals surface area contributed by atoms with Crippen LogP contribution in [0.1, 0.15) is 100 Å². The SMILES string of the molecule is C=CCCC(NC(=O)[C@@H]1C2C(CN1C(=O)[C@@H](NC(=O)OC(C)(C)C)C1CCC(F)(F)CC1)C2(C)C)C(=O)C(=O)NCCC(=O)OC(C)(C)C. The molecule has 0 aromatic rings. The Morgan fingerprint density at radius 2 is 1.55 bits per heavy atom. The minimum absolute atomic E-state index is 0.0105. The van der Waals surface area contributed by atoms with Crippen molar-refractivity contribution in [2.75, 3.05) is 13.1 Å². The highest BCUT2D eigenvalue weighted by Gasteiger charge is 2.70. The fraction of sp³-hybridized carbons (Fsp3) is 0.771. The predicted octanol–water partition coefficient (Wildman–Crippen LogP) is 4.06. The summed E-state index contributed by atoms with van der Waals surface area (Å²) in [5, 5.41) is 7.72. The van der Waals surface area contributed by atoms with Crippen molar-refractivity contribution in [3.8, 4) is 0 Å². The van der Waals surface area contributed by atoms with Crippen LogP contribution in [0.3, 0.4) is 0 Å². The van der Waals surface area contributed by atoms with Crippen LogP contribution in [0.15, 0.2) is 12.7 Å². The van der Waals surface area contributed by atoms with E-state index in [-0.39, 0.29) is 56.0 Å². The number of hydrogen-bond donors (Lipinski definition) is 3. The normalized spacial score (nSPS) is 24.0. The number of esters is 1. The second kappa shape index (κ2) is 15.1. The summed E-state index contributed by atoms with van der Waals surface area (Å²) >= 11 is 0. The number of carbonyl (C=O) groups excluding carboxylic acids is 6. The van der Waals surface area contributed by atoms with Gasteiger partial charge in [-0.15, -0.1) is 6.58 Å². The third kappa shape index (κ3) is 10.7. The van der Waals surface area contributed by atoms with E-state index < -0.39 is 89.6 Å². The zero-order valence-corrected chi connectivity index (χ0v) is 30.1. The summed E-state index contributed by atoms with van der Waals surface area (Å²) in [6.07, 6.45) is -0.0351. The highest BCUT2D eigenvalue weighted by Crippen LogP contribution is 2.65. The van der Waals surface area contributed by atoms with Gasteiger partial charge in [-0.3, -0.25) is 24.0 Å². The topological polar surface area (TPSA) is 160 Å². The summed E-state index contributed by atoms with van der Waals surface area (Å²) in [7, 11) is 0. The highest BCUT2D eigenvalue weighted by molar-refractivity contribution is 6.38. The summed E-state index contributed by atoms with van der Waals surface area (Å²) in [6.45, 7) is 17.8. The number of carbonyl (C=O) groups is 6. The van der Waals surface area contributed by atoms with Gasteiger partial charge in [-0.2, -0.15) is 0 Å². The van der Waals surface area contributed by atoms with Crippen LogP contribution < -0.4 is 16.0 Å². The van der Waals surface area contributed by atoms with E-state index >= 15 is 0 Å². The number of alkyl halides is 2. The molecule has 3 rings (SSSR count). The first-order valence-electron chi connectivity index (χ1n) is 17.1. The molecule has 3 fully saturated rings. The van der Waals surface area contributed by atoms with Gasteiger partial charge < -0.3 is 30.3 Å². The Hall–Kier alpha value is -3.58. The van der Waals surface area contributed by atoms with Gasteiger partial charge in [0.15, 0.2) is 0 Å². The fourth-order valence-corrected chi connectivity index (χ4v) is 6.93. The number of fused-ring (bicyclic) bond motifs is 1. The summed E-state index contributed by atoms with van der Waals surface area (Å²) in [4.78, 5) is 80.6. The number of hydrogen-bond acceptors (Lipinski definition) is 8. The molecule has 1 heterocycles. The van der Waals surface area contributed by atoms with Gasteiger partial charge >= 0.3 is 12.1 Å². The number of piperidine rings is 1. The van der Waals surface area contributed by atoms with E-state index in [4.69, 9.17) is 9.47 Å². The van der Waals surface area contributed by atoms with Crippen molar-refractivity contribution in [2.45, 2.75) is 136 Å². The van der Waals surface area contributed by atoms with E-state index in [0.717, 1.165) is 0 Å². The summed E-state index contributed by atoms with van der Waals surface area (Å²) in [5.41, 5.74) is -1.90. The van der Waals surface area contributed by atoms with E-state index in [1.807, 2.05) is 13.8 Å². The lowest BCUT2D eigenvalue weighted by Gasteiger charge is -2.38. The number of alkyl carbamates (subject to hydrolysis) is 1. The number of ketones is 1. The Kier molecular flexibility index (Phi) is 12.3. The summed E-state index contributed by atoms with van der Waals surface area (Å²) in [6, 6.07) is -3.49. The second-order valence-electron chi connectivity index (χ2n) is 16.1. The van der Waals surface area contributed by atoms with E-state index in [9.17, 15) is 37.5 Å². The van der Waals surface area contributed by atoms with E-state index in [0.29, 0.717) is 6.42 Å². The maximum Gasteiger partial charge on any atom is 0.408 e. The van der Waals surface area contributed by atoms with Gasteiger partial charge in [0.25, 0.3) is 5.91 Å². The van der Waals surface area contributed by atoms with Crippen molar-refractivity contribution >= 4 is 35.6 Å². The molecule has 1 aliphatic heterocycles. The predicted molar refractivity (Wildman–Crippen MR) is 176 cm³/mol. The Labute approximate surface area is 287 Å². The Balaban J connectivity index is 1.80. The van der Waals surface area contributed by atoms with Crippen molar-refractivity contribution in [1.82, 2.24) is 20.9 Å². The van der Waals surface area contributed by atoms with Crippen LogP contribution in [0.25, 0.3) is 0 Å². The zero-order chi connectivity index (χ0) is 37.1. The van der Waals surface area contributed by atoms with Crippen LogP contribution in [0.2, 0.25) is 0 Å². The smallest absolute Gasteiger partial charge is 0.408 e. The number of rotatable bonds is 13. The monoisotopic (exact) mass is 696 g/mol. The third-order valence-electron chi connectivity index (χ3n) is 9.48. The molecule has 2 aliphatic carbocycles. The van der Waals surface area contributed by atoms with Crippen LogP contribution in [-0.2, 0) is 33.4 Å². The van der Waals surface area contributed by atoms with Crippen molar-refractivity contribution < 1.29 is 47.0 Å². The van der Waals surface area contributed by atoms with Gasteiger partial charge in [0, 0.05) is 25.9 Å².